The van der Waals surface area contributed by atoms with Gasteiger partial charge in [-0.15, -0.1) is 0 Å². The van der Waals surface area contributed by atoms with Crippen LogP contribution in [0.3, 0.4) is 0 Å². The van der Waals surface area contributed by atoms with Crippen LogP contribution in [0.5, 0.6) is 5.75 Å². The minimum Gasteiger partial charge on any atom is -0.508 e. The molecule has 17 heavy (non-hydrogen) atoms. The van der Waals surface area contributed by atoms with E-state index in [9.17, 15) is 9.50 Å². The minimum absolute atomic E-state index is 0.00982. The maximum atomic E-state index is 13.0. The Labute approximate surface area is 109 Å². The van der Waals surface area contributed by atoms with E-state index in [1.165, 1.54) is 23.3 Å². The van der Waals surface area contributed by atoms with E-state index in [-0.39, 0.29) is 11.6 Å². The number of hydrogen-bond donors (Lipinski definition) is 2. The number of rotatable bonds is 4. The molecule has 1 aliphatic rings. The lowest BCUT2D eigenvalue weighted by Gasteiger charge is -2.21. The van der Waals surface area contributed by atoms with Gasteiger partial charge in [0.15, 0.2) is 0 Å². The number of nitrogens with one attached hydrogen (secondary N) is 1. The molecular weight excluding hydrogens is 257 g/mol. The summed E-state index contributed by atoms with van der Waals surface area (Å²) in [5, 5.41) is 13.2. The maximum absolute atomic E-state index is 13.0. The van der Waals surface area contributed by atoms with Gasteiger partial charge in [-0.2, -0.15) is 23.5 Å². The van der Waals surface area contributed by atoms with Crippen LogP contribution in [0.15, 0.2) is 18.2 Å². The molecule has 1 aromatic rings. The molecule has 1 fully saturated rings. The summed E-state index contributed by atoms with van der Waals surface area (Å²) in [5.41, 5.74) is 0.788. The summed E-state index contributed by atoms with van der Waals surface area (Å²) in [6.07, 6.45) is 0. The van der Waals surface area contributed by atoms with Crippen LogP contribution in [0.25, 0.3) is 0 Å². The number of thioether (sulfide) groups is 2. The average Bonchev–Trinajstić information content (AvgIpc) is 2.29. The van der Waals surface area contributed by atoms with Gasteiger partial charge in [-0.3, -0.25) is 0 Å². The number of benzene rings is 1. The third-order valence-corrected chi connectivity index (χ3v) is 5.37. The fraction of sp³-hybridized carbons (Fsp3) is 0.500. The molecule has 0 spiro atoms. The molecule has 0 radical (unpaired) electrons. The molecule has 0 aliphatic carbocycles. The summed E-state index contributed by atoms with van der Waals surface area (Å²) in [6.45, 7) is 1.54. The first-order valence-electron chi connectivity index (χ1n) is 5.62. The molecule has 1 aliphatic heterocycles. The van der Waals surface area contributed by atoms with Gasteiger partial charge in [0, 0.05) is 41.7 Å². The third-order valence-electron chi connectivity index (χ3n) is 2.53. The van der Waals surface area contributed by atoms with Crippen molar-refractivity contribution >= 4 is 23.5 Å². The van der Waals surface area contributed by atoms with Crippen molar-refractivity contribution in [2.45, 2.75) is 11.8 Å². The third kappa shape index (κ3) is 4.41. The van der Waals surface area contributed by atoms with Crippen molar-refractivity contribution in [3.63, 3.8) is 0 Å². The highest BCUT2D eigenvalue weighted by Crippen LogP contribution is 2.23. The molecule has 2 N–H and O–H groups in total. The molecule has 5 heteroatoms. The van der Waals surface area contributed by atoms with Gasteiger partial charge in [0.1, 0.15) is 11.6 Å². The predicted molar refractivity (Wildman–Crippen MR) is 73.3 cm³/mol. The monoisotopic (exact) mass is 273 g/mol. The summed E-state index contributed by atoms with van der Waals surface area (Å²) >= 11 is 3.99. The average molecular weight is 273 g/mol. The number of halogens is 1. The van der Waals surface area contributed by atoms with Crippen molar-refractivity contribution in [3.05, 3.63) is 29.6 Å². The van der Waals surface area contributed by atoms with Crippen LogP contribution in [-0.4, -0.2) is 34.2 Å². The lowest BCUT2D eigenvalue weighted by atomic mass is 10.2. The molecule has 1 aromatic carbocycles. The molecule has 0 bridgehead atoms. The van der Waals surface area contributed by atoms with Gasteiger partial charge in [-0.05, 0) is 17.7 Å². The van der Waals surface area contributed by atoms with Crippen LogP contribution in [0, 0.1) is 5.82 Å². The lowest BCUT2D eigenvalue weighted by Crippen LogP contribution is -2.28. The van der Waals surface area contributed by atoms with E-state index in [1.54, 1.807) is 6.07 Å². The zero-order valence-corrected chi connectivity index (χ0v) is 11.1. The van der Waals surface area contributed by atoms with Crippen LogP contribution in [-0.2, 0) is 6.54 Å². The number of phenols is 1. The van der Waals surface area contributed by atoms with Gasteiger partial charge in [0.05, 0.1) is 0 Å². The molecule has 0 saturated carbocycles. The summed E-state index contributed by atoms with van der Waals surface area (Å²) in [5.74, 6) is 3.26. The zero-order valence-electron chi connectivity index (χ0n) is 9.49. The molecule has 1 unspecified atom stereocenters. The smallest absolute Gasteiger partial charge is 0.127 e. The first-order chi connectivity index (χ1) is 8.24. The molecule has 94 valence electrons. The normalized spacial score (nSPS) is 20.4. The Balaban J connectivity index is 1.77. The van der Waals surface area contributed by atoms with Crippen LogP contribution >= 0.6 is 23.5 Å². The first-order valence-corrected chi connectivity index (χ1v) is 7.83. The number of aromatic hydroxyl groups is 1. The highest BCUT2D eigenvalue weighted by atomic mass is 32.2. The van der Waals surface area contributed by atoms with Gasteiger partial charge < -0.3 is 10.4 Å². The molecule has 1 saturated heterocycles. The Morgan fingerprint density at radius 3 is 2.94 bits per heavy atom. The molecular formula is C12H16FNOS2. The summed E-state index contributed by atoms with van der Waals surface area (Å²) in [7, 11) is 0. The van der Waals surface area contributed by atoms with Gasteiger partial charge >= 0.3 is 0 Å². The molecule has 0 amide bonds. The summed E-state index contributed by atoms with van der Waals surface area (Å²) in [6, 6.07) is 4.17. The van der Waals surface area contributed by atoms with Crippen LogP contribution < -0.4 is 5.32 Å². The first kappa shape index (κ1) is 13.1. The van der Waals surface area contributed by atoms with Crippen molar-refractivity contribution < 1.29 is 9.50 Å². The molecule has 0 aromatic heterocycles. The van der Waals surface area contributed by atoms with Gasteiger partial charge in [0.2, 0.25) is 0 Å². The van der Waals surface area contributed by atoms with Crippen LogP contribution in [0.4, 0.5) is 4.39 Å². The van der Waals surface area contributed by atoms with E-state index < -0.39 is 0 Å². The Hall–Kier alpha value is -0.390. The van der Waals surface area contributed by atoms with E-state index in [4.69, 9.17) is 0 Å². The standard InChI is InChI=1S/C12H16FNOS2/c13-10-3-9(4-11(15)5-10)6-14-7-12-8-16-1-2-17-12/h3-5,12,14-15H,1-2,6-8H2. The Morgan fingerprint density at radius 1 is 1.35 bits per heavy atom. The largest absolute Gasteiger partial charge is 0.508 e. The van der Waals surface area contributed by atoms with E-state index in [2.05, 4.69) is 5.32 Å². The Bertz CT molecular complexity index is 349. The number of phenolic OH excluding ortho intramolecular Hbond substituents is 1. The summed E-state index contributed by atoms with van der Waals surface area (Å²) < 4.78 is 13.0. The Kier molecular flexibility index (Phi) is 5.00. The highest BCUT2D eigenvalue weighted by Gasteiger charge is 2.13. The fourth-order valence-corrected chi connectivity index (χ4v) is 4.41. The van der Waals surface area contributed by atoms with E-state index >= 15 is 0 Å². The molecule has 2 rings (SSSR count). The van der Waals surface area contributed by atoms with Crippen molar-refractivity contribution in [2.24, 2.45) is 0 Å². The van der Waals surface area contributed by atoms with E-state index in [1.807, 2.05) is 23.5 Å². The second-order valence-electron chi connectivity index (χ2n) is 4.02. The van der Waals surface area contributed by atoms with E-state index in [0.29, 0.717) is 11.8 Å². The van der Waals surface area contributed by atoms with Crippen molar-refractivity contribution in [1.29, 1.82) is 0 Å². The predicted octanol–water partition coefficient (Wildman–Crippen LogP) is 2.47. The lowest BCUT2D eigenvalue weighted by molar-refractivity contribution is 0.467. The topological polar surface area (TPSA) is 32.3 Å². The number of hydrogen-bond acceptors (Lipinski definition) is 4. The second-order valence-corrected chi connectivity index (χ2v) is 6.57. The zero-order chi connectivity index (χ0) is 12.1. The van der Waals surface area contributed by atoms with E-state index in [0.717, 1.165) is 18.2 Å². The SMILES string of the molecule is Oc1cc(F)cc(CNCC2CSCCS2)c1. The molecule has 1 heterocycles. The molecule has 2 nitrogen and oxygen atoms in total. The van der Waals surface area contributed by atoms with Crippen LogP contribution in [0.2, 0.25) is 0 Å². The summed E-state index contributed by atoms with van der Waals surface area (Å²) in [4.78, 5) is 0. The van der Waals surface area contributed by atoms with Gasteiger partial charge in [0.25, 0.3) is 0 Å². The van der Waals surface area contributed by atoms with Crippen molar-refractivity contribution in [1.82, 2.24) is 5.32 Å². The van der Waals surface area contributed by atoms with Crippen LogP contribution in [0.1, 0.15) is 5.56 Å². The molecule has 1 atom stereocenters. The van der Waals surface area contributed by atoms with Gasteiger partial charge in [-0.25, -0.2) is 4.39 Å². The highest BCUT2D eigenvalue weighted by molar-refractivity contribution is 8.06. The van der Waals surface area contributed by atoms with Crippen molar-refractivity contribution in [3.8, 4) is 5.75 Å². The van der Waals surface area contributed by atoms with Crippen molar-refractivity contribution in [2.75, 3.05) is 23.8 Å². The van der Waals surface area contributed by atoms with Gasteiger partial charge in [-0.1, -0.05) is 0 Å². The fourth-order valence-electron chi connectivity index (χ4n) is 1.77. The maximum Gasteiger partial charge on any atom is 0.127 e. The minimum atomic E-state index is -0.385. The Morgan fingerprint density at radius 2 is 2.24 bits per heavy atom. The quantitative estimate of drug-likeness (QED) is 0.883. The second kappa shape index (κ2) is 6.52.